The van der Waals surface area contributed by atoms with Gasteiger partial charge in [0.2, 0.25) is 15.0 Å². The first-order chi connectivity index (χ1) is 17.2. The minimum Gasteiger partial charge on any atom is -0.490 e. The summed E-state index contributed by atoms with van der Waals surface area (Å²) in [6.07, 6.45) is 4.79. The third-order valence-electron chi connectivity index (χ3n) is 4.53. The number of halogens is 1. The molecule has 0 saturated carbocycles. The predicted octanol–water partition coefficient (Wildman–Crippen LogP) is 4.33. The molecule has 0 aliphatic rings. The number of nitrogens with one attached hydrogen (secondary N) is 1. The van der Waals surface area contributed by atoms with Gasteiger partial charge in [0.15, 0.2) is 0 Å². The molecule has 9 nitrogen and oxygen atoms in total. The fourth-order valence-electron chi connectivity index (χ4n) is 2.89. The standard InChI is InChI=1S/C24H21ClN4O5S2/c1-3-6-17-7-4-5-8-20(17)33-11-12-34-21-10-9-16(14-19(21)25)13-18(15-26)22(30)27-23-28-24(29-35-23)36(2,31)32/h3-5,7-10,13-14H,1,6,11-12H2,2H3,(H,27,28,29,30). The van der Waals surface area contributed by atoms with Gasteiger partial charge in [0, 0.05) is 17.8 Å². The largest absolute Gasteiger partial charge is 0.490 e. The zero-order valence-electron chi connectivity index (χ0n) is 19.1. The molecule has 186 valence electrons. The Labute approximate surface area is 217 Å². The lowest BCUT2D eigenvalue weighted by molar-refractivity contribution is -0.112. The molecule has 0 bridgehead atoms. The third kappa shape index (κ3) is 7.39. The average molecular weight is 545 g/mol. The summed E-state index contributed by atoms with van der Waals surface area (Å²) in [5.74, 6) is 0.414. The van der Waals surface area contributed by atoms with Crippen molar-refractivity contribution < 1.29 is 22.7 Å². The molecule has 3 aromatic rings. The van der Waals surface area contributed by atoms with Gasteiger partial charge in [0.25, 0.3) is 11.1 Å². The molecule has 0 saturated heterocycles. The van der Waals surface area contributed by atoms with Crippen LogP contribution in [0.3, 0.4) is 0 Å². The van der Waals surface area contributed by atoms with E-state index in [1.54, 1.807) is 30.3 Å². The molecule has 0 aliphatic heterocycles. The van der Waals surface area contributed by atoms with Gasteiger partial charge < -0.3 is 9.47 Å². The van der Waals surface area contributed by atoms with E-state index in [-0.39, 0.29) is 22.3 Å². The van der Waals surface area contributed by atoms with E-state index in [0.29, 0.717) is 35.9 Å². The molecule has 0 radical (unpaired) electrons. The molecule has 0 atom stereocenters. The van der Waals surface area contributed by atoms with Gasteiger partial charge in [-0.25, -0.2) is 8.42 Å². The van der Waals surface area contributed by atoms with Crippen LogP contribution in [0.25, 0.3) is 6.08 Å². The fourth-order valence-corrected chi connectivity index (χ4v) is 4.57. The zero-order chi connectivity index (χ0) is 26.1. The van der Waals surface area contributed by atoms with Gasteiger partial charge in [0.05, 0.1) is 5.02 Å². The zero-order valence-corrected chi connectivity index (χ0v) is 21.5. The number of hydrogen-bond donors (Lipinski definition) is 1. The number of rotatable bonds is 11. The maximum absolute atomic E-state index is 12.4. The van der Waals surface area contributed by atoms with Gasteiger partial charge in [-0.1, -0.05) is 41.9 Å². The van der Waals surface area contributed by atoms with Crippen LogP contribution in [0.2, 0.25) is 5.02 Å². The summed E-state index contributed by atoms with van der Waals surface area (Å²) in [7, 11) is -3.61. The van der Waals surface area contributed by atoms with E-state index in [4.69, 9.17) is 21.1 Å². The van der Waals surface area contributed by atoms with Gasteiger partial charge in [-0.15, -0.1) is 6.58 Å². The first-order valence-electron chi connectivity index (χ1n) is 10.4. The molecule has 1 N–H and O–H groups in total. The number of anilines is 1. The van der Waals surface area contributed by atoms with E-state index in [9.17, 15) is 18.5 Å². The van der Waals surface area contributed by atoms with E-state index in [1.165, 1.54) is 6.08 Å². The monoisotopic (exact) mass is 544 g/mol. The number of hydrogen-bond acceptors (Lipinski definition) is 9. The molecule has 3 rings (SSSR count). The molecule has 1 heterocycles. The molecule has 0 fully saturated rings. The lowest BCUT2D eigenvalue weighted by Gasteiger charge is -2.12. The fraction of sp³-hybridized carbons (Fsp3) is 0.167. The van der Waals surface area contributed by atoms with Gasteiger partial charge >= 0.3 is 0 Å². The third-order valence-corrected chi connectivity index (χ3v) is 6.41. The number of nitrogens with zero attached hydrogens (tertiary/aromatic N) is 3. The van der Waals surface area contributed by atoms with E-state index >= 15 is 0 Å². The maximum atomic E-state index is 12.4. The van der Waals surface area contributed by atoms with E-state index in [1.807, 2.05) is 24.3 Å². The predicted molar refractivity (Wildman–Crippen MR) is 138 cm³/mol. The molecule has 0 spiro atoms. The summed E-state index contributed by atoms with van der Waals surface area (Å²) in [5, 5.41) is 11.6. The smallest absolute Gasteiger partial charge is 0.268 e. The topological polar surface area (TPSA) is 131 Å². The first-order valence-corrected chi connectivity index (χ1v) is 13.5. The van der Waals surface area contributed by atoms with Crippen LogP contribution in [0.1, 0.15) is 11.1 Å². The Morgan fingerprint density at radius 1 is 1.22 bits per heavy atom. The Balaban J connectivity index is 1.60. The molecule has 0 aliphatic carbocycles. The second-order valence-electron chi connectivity index (χ2n) is 7.27. The highest BCUT2D eigenvalue weighted by Crippen LogP contribution is 2.27. The molecule has 36 heavy (non-hydrogen) atoms. The van der Waals surface area contributed by atoms with E-state index in [2.05, 4.69) is 21.3 Å². The number of benzene rings is 2. The van der Waals surface area contributed by atoms with Crippen molar-refractivity contribution in [3.63, 3.8) is 0 Å². The second kappa shape index (κ2) is 12.3. The van der Waals surface area contributed by atoms with Gasteiger partial charge in [-0.2, -0.15) is 14.6 Å². The van der Waals surface area contributed by atoms with E-state index < -0.39 is 20.9 Å². The Kier molecular flexibility index (Phi) is 9.19. The molecule has 1 amide bonds. The van der Waals surface area contributed by atoms with Crippen molar-refractivity contribution in [1.82, 2.24) is 9.36 Å². The van der Waals surface area contributed by atoms with Crippen molar-refractivity contribution in [2.45, 2.75) is 11.6 Å². The number of ether oxygens (including phenoxy) is 2. The van der Waals surface area contributed by atoms with E-state index in [0.717, 1.165) is 17.6 Å². The summed E-state index contributed by atoms with van der Waals surface area (Å²) in [6.45, 7) is 4.30. The minimum absolute atomic E-state index is 0.0438. The summed E-state index contributed by atoms with van der Waals surface area (Å²) in [5.41, 5.74) is 1.28. The molecule has 2 aromatic carbocycles. The number of amides is 1. The number of aromatic nitrogens is 2. The Morgan fingerprint density at radius 2 is 1.94 bits per heavy atom. The van der Waals surface area contributed by atoms with Gasteiger partial charge in [0.1, 0.15) is 36.4 Å². The Hall–Kier alpha value is -3.72. The van der Waals surface area contributed by atoms with Crippen molar-refractivity contribution in [2.24, 2.45) is 0 Å². The molecule has 1 aromatic heterocycles. The molecule has 12 heteroatoms. The van der Waals surface area contributed by atoms with Crippen LogP contribution in [0.5, 0.6) is 11.5 Å². The normalized spacial score (nSPS) is 11.4. The highest BCUT2D eigenvalue weighted by atomic mass is 35.5. The Bertz CT molecular complexity index is 1440. The lowest BCUT2D eigenvalue weighted by Crippen LogP contribution is -2.13. The highest BCUT2D eigenvalue weighted by molar-refractivity contribution is 7.90. The second-order valence-corrected chi connectivity index (χ2v) is 10.3. The van der Waals surface area contributed by atoms with Gasteiger partial charge in [-0.3, -0.25) is 10.1 Å². The summed E-state index contributed by atoms with van der Waals surface area (Å²) < 4.78 is 38.1. The van der Waals surface area contributed by atoms with Crippen molar-refractivity contribution in [2.75, 3.05) is 24.8 Å². The number of para-hydroxylation sites is 1. The van der Waals surface area contributed by atoms with Gasteiger partial charge in [-0.05, 0) is 41.8 Å². The first kappa shape index (κ1) is 26.9. The van der Waals surface area contributed by atoms with Crippen LogP contribution in [0, 0.1) is 11.3 Å². The number of sulfone groups is 1. The summed E-state index contributed by atoms with van der Waals surface area (Å²) >= 11 is 7.00. The average Bonchev–Trinajstić information content (AvgIpc) is 3.31. The van der Waals surface area contributed by atoms with Crippen LogP contribution in [-0.4, -0.2) is 43.2 Å². The van der Waals surface area contributed by atoms with Crippen LogP contribution in [0.15, 0.2) is 65.8 Å². The van der Waals surface area contributed by atoms with Crippen molar-refractivity contribution in [1.29, 1.82) is 5.26 Å². The SMILES string of the molecule is C=CCc1ccccc1OCCOc1ccc(C=C(C#N)C(=O)Nc2nc(S(C)(=O)=O)ns2)cc1Cl. The Morgan fingerprint density at radius 3 is 2.58 bits per heavy atom. The van der Waals surface area contributed by atoms with Crippen LogP contribution in [0.4, 0.5) is 5.13 Å². The summed E-state index contributed by atoms with van der Waals surface area (Å²) in [6, 6.07) is 14.3. The number of allylic oxidation sites excluding steroid dienone is 1. The number of carbonyl (C=O) groups excluding carboxylic acids is 1. The molecular formula is C24H21ClN4O5S2. The minimum atomic E-state index is -3.61. The van der Waals surface area contributed by atoms with Crippen LogP contribution < -0.4 is 14.8 Å². The van der Waals surface area contributed by atoms with Crippen molar-refractivity contribution in [3.05, 3.63) is 76.8 Å². The number of carbonyl (C=O) groups is 1. The van der Waals surface area contributed by atoms with Crippen molar-refractivity contribution in [3.8, 4) is 17.6 Å². The summed E-state index contributed by atoms with van der Waals surface area (Å²) in [4.78, 5) is 16.2. The molecular weight excluding hydrogens is 524 g/mol. The van der Waals surface area contributed by atoms with Crippen molar-refractivity contribution >= 4 is 50.1 Å². The number of nitriles is 1. The highest BCUT2D eigenvalue weighted by Gasteiger charge is 2.17. The quantitative estimate of drug-likeness (QED) is 0.163. The lowest BCUT2D eigenvalue weighted by atomic mass is 10.1. The van der Waals surface area contributed by atoms with Crippen LogP contribution >= 0.6 is 23.1 Å². The maximum Gasteiger partial charge on any atom is 0.268 e. The molecule has 0 unspecified atom stereocenters. The van der Waals surface area contributed by atoms with Crippen LogP contribution in [-0.2, 0) is 21.1 Å².